The first-order valence-electron chi connectivity index (χ1n) is 6.51. The smallest absolute Gasteiger partial charge is 0.243 e. The molecule has 0 aliphatic carbocycles. The zero-order valence-electron chi connectivity index (χ0n) is 11.7. The van der Waals surface area contributed by atoms with Crippen molar-refractivity contribution >= 4 is 15.7 Å². The number of nitrogen functional groups attached to an aromatic ring is 1. The number of hydrogen-bond donors (Lipinski definition) is 2. The maximum absolute atomic E-state index is 12.6. The summed E-state index contributed by atoms with van der Waals surface area (Å²) in [5, 5.41) is 9.79. The van der Waals surface area contributed by atoms with Gasteiger partial charge in [0.2, 0.25) is 10.0 Å². The first kappa shape index (κ1) is 15.2. The maximum atomic E-state index is 12.6. The van der Waals surface area contributed by atoms with E-state index < -0.39 is 16.1 Å². The Morgan fingerprint density at radius 3 is 2.50 bits per heavy atom. The maximum Gasteiger partial charge on any atom is 0.243 e. The molecule has 1 aromatic carbocycles. The molecule has 2 rings (SSSR count). The molecule has 20 heavy (non-hydrogen) atoms. The van der Waals surface area contributed by atoms with Crippen LogP contribution >= 0.6 is 0 Å². The van der Waals surface area contributed by atoms with Gasteiger partial charge < -0.3 is 15.7 Å². The second kappa shape index (κ2) is 5.69. The highest BCUT2D eigenvalue weighted by Crippen LogP contribution is 2.27. The summed E-state index contributed by atoms with van der Waals surface area (Å²) in [4.78, 5) is 2.14. The molecule has 1 heterocycles. The molecule has 0 saturated carbocycles. The lowest BCUT2D eigenvalue weighted by molar-refractivity contribution is 0.188. The fourth-order valence-electron chi connectivity index (χ4n) is 2.52. The molecule has 1 aliphatic rings. The number of likely N-dealkylation sites (N-methyl/N-ethyl adjacent to an activating group) is 1. The van der Waals surface area contributed by atoms with E-state index in [2.05, 4.69) is 0 Å². The predicted octanol–water partition coefficient (Wildman–Crippen LogP) is -0.0457. The Labute approximate surface area is 119 Å². The van der Waals surface area contributed by atoms with E-state index in [0.717, 1.165) is 0 Å². The van der Waals surface area contributed by atoms with Crippen LogP contribution in [-0.4, -0.2) is 62.1 Å². The minimum atomic E-state index is -3.59. The molecule has 1 fully saturated rings. The summed E-state index contributed by atoms with van der Waals surface area (Å²) < 4.78 is 26.7. The van der Waals surface area contributed by atoms with Crippen LogP contribution in [0.25, 0.3) is 0 Å². The van der Waals surface area contributed by atoms with Gasteiger partial charge in [-0.1, -0.05) is 0 Å². The molecule has 7 heteroatoms. The van der Waals surface area contributed by atoms with E-state index in [1.807, 2.05) is 19.0 Å². The van der Waals surface area contributed by atoms with Crippen molar-refractivity contribution in [2.24, 2.45) is 0 Å². The summed E-state index contributed by atoms with van der Waals surface area (Å²) in [5.41, 5.74) is 6.11. The number of sulfonamides is 1. The molecule has 6 nitrogen and oxygen atoms in total. The zero-order chi connectivity index (χ0) is 14.9. The van der Waals surface area contributed by atoms with Gasteiger partial charge in [-0.15, -0.1) is 0 Å². The van der Waals surface area contributed by atoms with Crippen LogP contribution in [0.3, 0.4) is 0 Å². The second-order valence-corrected chi connectivity index (χ2v) is 7.34. The Balaban J connectivity index is 2.29. The fraction of sp³-hybridized carbons (Fsp3) is 0.538. The van der Waals surface area contributed by atoms with Gasteiger partial charge in [-0.3, -0.25) is 0 Å². The molecular formula is C13H21N3O3S. The van der Waals surface area contributed by atoms with Crippen LogP contribution in [0, 0.1) is 0 Å². The van der Waals surface area contributed by atoms with E-state index >= 15 is 0 Å². The van der Waals surface area contributed by atoms with Gasteiger partial charge in [0, 0.05) is 24.8 Å². The third kappa shape index (κ3) is 3.12. The molecule has 0 radical (unpaired) electrons. The van der Waals surface area contributed by atoms with Gasteiger partial charge in [-0.25, -0.2) is 8.42 Å². The van der Waals surface area contributed by atoms with E-state index in [4.69, 9.17) is 5.73 Å². The number of nitrogens with two attached hydrogens (primary N) is 1. The normalized spacial score (nSPS) is 24.4. The van der Waals surface area contributed by atoms with Gasteiger partial charge in [0.1, 0.15) is 0 Å². The summed E-state index contributed by atoms with van der Waals surface area (Å²) in [6, 6.07) is 5.94. The molecule has 2 unspecified atom stereocenters. The van der Waals surface area contributed by atoms with Crippen molar-refractivity contribution < 1.29 is 13.5 Å². The average Bonchev–Trinajstić information content (AvgIpc) is 2.70. The SMILES string of the molecule is CN(C)CC1CC(O)CN1S(=O)(=O)c1ccc(N)cc1. The number of nitrogens with zero attached hydrogens (tertiary/aromatic N) is 2. The highest BCUT2D eigenvalue weighted by atomic mass is 32.2. The van der Waals surface area contributed by atoms with Crippen LogP contribution in [0.5, 0.6) is 0 Å². The monoisotopic (exact) mass is 299 g/mol. The molecule has 0 aromatic heterocycles. The van der Waals surface area contributed by atoms with E-state index in [0.29, 0.717) is 18.7 Å². The molecule has 3 N–H and O–H groups in total. The van der Waals surface area contributed by atoms with Crippen LogP contribution in [0.4, 0.5) is 5.69 Å². The molecule has 1 aliphatic heterocycles. The van der Waals surface area contributed by atoms with Gasteiger partial charge >= 0.3 is 0 Å². The molecule has 0 amide bonds. The Morgan fingerprint density at radius 2 is 1.95 bits per heavy atom. The second-order valence-electron chi connectivity index (χ2n) is 5.45. The lowest BCUT2D eigenvalue weighted by atomic mass is 10.2. The van der Waals surface area contributed by atoms with Crippen LogP contribution in [0.1, 0.15) is 6.42 Å². The van der Waals surface area contributed by atoms with Crippen molar-refractivity contribution in [3.8, 4) is 0 Å². The largest absolute Gasteiger partial charge is 0.399 e. The van der Waals surface area contributed by atoms with E-state index in [-0.39, 0.29) is 17.5 Å². The van der Waals surface area contributed by atoms with Crippen LogP contribution in [0.15, 0.2) is 29.2 Å². The number of anilines is 1. The summed E-state index contributed by atoms with van der Waals surface area (Å²) in [7, 11) is 0.183. The molecule has 2 atom stereocenters. The molecular weight excluding hydrogens is 278 g/mol. The predicted molar refractivity (Wildman–Crippen MR) is 77.7 cm³/mol. The summed E-state index contributed by atoms with van der Waals surface area (Å²) in [6.45, 7) is 0.733. The Bertz CT molecular complexity index is 557. The molecule has 1 aromatic rings. The van der Waals surface area contributed by atoms with Crippen LogP contribution in [0.2, 0.25) is 0 Å². The first-order valence-corrected chi connectivity index (χ1v) is 7.95. The van der Waals surface area contributed by atoms with E-state index in [1.165, 1.54) is 16.4 Å². The number of aliphatic hydroxyl groups is 1. The van der Waals surface area contributed by atoms with Crippen molar-refractivity contribution in [3.05, 3.63) is 24.3 Å². The Kier molecular flexibility index (Phi) is 4.33. The molecule has 0 spiro atoms. The first-order chi connectivity index (χ1) is 9.30. The third-order valence-corrected chi connectivity index (χ3v) is 5.34. The molecule has 0 bridgehead atoms. The number of benzene rings is 1. The number of β-amino-alcohol motifs (C(OH)–C–C–N with tert-alkyl or cyclic N) is 1. The highest BCUT2D eigenvalue weighted by Gasteiger charge is 2.39. The lowest BCUT2D eigenvalue weighted by Gasteiger charge is -2.26. The topological polar surface area (TPSA) is 86.9 Å². The number of aliphatic hydroxyl groups excluding tert-OH is 1. The number of rotatable bonds is 4. The van der Waals surface area contributed by atoms with Crippen molar-refractivity contribution in [3.63, 3.8) is 0 Å². The quantitative estimate of drug-likeness (QED) is 0.762. The van der Waals surface area contributed by atoms with Crippen molar-refractivity contribution in [1.82, 2.24) is 9.21 Å². The van der Waals surface area contributed by atoms with Gasteiger partial charge in [0.05, 0.1) is 11.0 Å². The molecule has 112 valence electrons. The summed E-state index contributed by atoms with van der Waals surface area (Å²) >= 11 is 0. The van der Waals surface area contributed by atoms with Crippen molar-refractivity contribution in [2.75, 3.05) is 32.9 Å². The standard InChI is InChI=1S/C13H21N3O3S/c1-15(2)8-11-7-12(17)9-16(11)20(18,19)13-5-3-10(14)4-6-13/h3-6,11-12,17H,7-9,14H2,1-2H3. The van der Waals surface area contributed by atoms with Gasteiger partial charge in [-0.2, -0.15) is 4.31 Å². The fourth-order valence-corrected chi connectivity index (χ4v) is 4.18. The summed E-state index contributed by atoms with van der Waals surface area (Å²) in [5.74, 6) is 0. The van der Waals surface area contributed by atoms with Crippen LogP contribution in [-0.2, 0) is 10.0 Å². The average molecular weight is 299 g/mol. The third-order valence-electron chi connectivity index (χ3n) is 3.40. The Hall–Kier alpha value is -1.15. The van der Waals surface area contributed by atoms with Crippen molar-refractivity contribution in [2.45, 2.75) is 23.5 Å². The minimum Gasteiger partial charge on any atom is -0.399 e. The Morgan fingerprint density at radius 1 is 1.35 bits per heavy atom. The van der Waals surface area contributed by atoms with E-state index in [9.17, 15) is 13.5 Å². The van der Waals surface area contributed by atoms with E-state index in [1.54, 1.807) is 12.1 Å². The highest BCUT2D eigenvalue weighted by molar-refractivity contribution is 7.89. The summed E-state index contributed by atoms with van der Waals surface area (Å²) in [6.07, 6.45) is -0.143. The number of hydrogen-bond acceptors (Lipinski definition) is 5. The molecule has 1 saturated heterocycles. The zero-order valence-corrected chi connectivity index (χ0v) is 12.5. The lowest BCUT2D eigenvalue weighted by Crippen LogP contribution is -2.41. The van der Waals surface area contributed by atoms with Gasteiger partial charge in [-0.05, 0) is 44.8 Å². The van der Waals surface area contributed by atoms with Gasteiger partial charge in [0.25, 0.3) is 0 Å². The van der Waals surface area contributed by atoms with Crippen molar-refractivity contribution in [1.29, 1.82) is 0 Å². The minimum absolute atomic E-state index is 0.144. The van der Waals surface area contributed by atoms with Crippen LogP contribution < -0.4 is 5.73 Å². The van der Waals surface area contributed by atoms with Gasteiger partial charge in [0.15, 0.2) is 0 Å².